The number of fused-ring (bicyclic) bond motifs is 2. The predicted molar refractivity (Wildman–Crippen MR) is 183 cm³/mol. The molecule has 0 aliphatic carbocycles. The molecule has 7 rings (SSSR count). The van der Waals surface area contributed by atoms with Crippen molar-refractivity contribution in [1.29, 1.82) is 5.26 Å². The van der Waals surface area contributed by atoms with Gasteiger partial charge in [0.05, 0.1) is 10.2 Å². The van der Waals surface area contributed by atoms with E-state index in [-0.39, 0.29) is 29.6 Å². The normalized spacial score (nSPS) is 12.1. The fraction of sp³-hybridized carbons (Fsp3) is 0.118. The van der Waals surface area contributed by atoms with Crippen molar-refractivity contribution in [3.63, 3.8) is 0 Å². The lowest BCUT2D eigenvalue weighted by Gasteiger charge is -2.29. The van der Waals surface area contributed by atoms with Crippen molar-refractivity contribution in [3.05, 3.63) is 99.6 Å². The Kier molecular flexibility index (Phi) is 8.17. The van der Waals surface area contributed by atoms with E-state index < -0.39 is 5.97 Å². The Morgan fingerprint density at radius 3 is 2.71 bits per heavy atom. The predicted octanol–water partition coefficient (Wildman–Crippen LogP) is 5.54. The summed E-state index contributed by atoms with van der Waals surface area (Å²) in [6, 6.07) is 22.4. The molecule has 4 heterocycles. The van der Waals surface area contributed by atoms with E-state index in [2.05, 4.69) is 37.3 Å². The zero-order valence-corrected chi connectivity index (χ0v) is 26.6. The highest BCUT2D eigenvalue weighted by Gasteiger charge is 2.26. The number of aromatic nitrogens is 4. The Morgan fingerprint density at radius 2 is 1.92 bits per heavy atom. The molecule has 0 atom stereocenters. The zero-order valence-electron chi connectivity index (χ0n) is 25.0. The second-order valence-electron chi connectivity index (χ2n) is 10.6. The van der Waals surface area contributed by atoms with Gasteiger partial charge in [0.15, 0.2) is 16.0 Å². The summed E-state index contributed by atoms with van der Waals surface area (Å²) in [5, 5.41) is 29.9. The maximum atomic E-state index is 13.4. The number of hydrogen-bond donors (Lipinski definition) is 4. The van der Waals surface area contributed by atoms with Crippen LogP contribution in [0.4, 0.5) is 16.1 Å². The van der Waals surface area contributed by atoms with Crippen LogP contribution in [0.15, 0.2) is 66.7 Å². The zero-order chi connectivity index (χ0) is 33.2. The summed E-state index contributed by atoms with van der Waals surface area (Å²) in [7, 11) is 0. The minimum absolute atomic E-state index is 0.00859. The number of rotatable bonds is 7. The first kappa shape index (κ1) is 30.4. The number of ether oxygens (including phenoxy) is 1. The molecule has 14 heteroatoms. The van der Waals surface area contributed by atoms with Crippen molar-refractivity contribution in [1.82, 2.24) is 20.2 Å². The number of thiazole rings is 2. The quantitative estimate of drug-likeness (QED) is 0.157. The minimum Gasteiger partial charge on any atom is -0.481 e. The monoisotopic (exact) mass is 672 g/mol. The number of nitrogens with one attached hydrogen (secondary N) is 2. The molecule has 0 bridgehead atoms. The molecule has 0 saturated carbocycles. The molecule has 236 valence electrons. The molecular formula is C34H24N8O4S2. The number of carbonyl (C=O) groups excluding carboxylic acids is 1. The number of aromatic carboxylic acids is 1. The van der Waals surface area contributed by atoms with Crippen molar-refractivity contribution in [3.8, 4) is 34.9 Å². The van der Waals surface area contributed by atoms with Crippen LogP contribution >= 0.6 is 22.7 Å². The third-order valence-electron chi connectivity index (χ3n) is 7.67. The van der Waals surface area contributed by atoms with E-state index >= 15 is 0 Å². The van der Waals surface area contributed by atoms with Gasteiger partial charge in [-0.1, -0.05) is 52.9 Å². The first-order chi connectivity index (χ1) is 23.4. The van der Waals surface area contributed by atoms with Crippen molar-refractivity contribution < 1.29 is 19.4 Å². The SMILES string of the molecule is N#Cc1c(-c2ccc(OCC#Cc3sc(N4CCc5cccc(C(=O)Nc6nc7ccccc7s6)c5C4)nc3C(=O)O)cc2)n[nH]c1N. The van der Waals surface area contributed by atoms with Gasteiger partial charge in [0.25, 0.3) is 5.91 Å². The van der Waals surface area contributed by atoms with Gasteiger partial charge >= 0.3 is 5.97 Å². The number of H-pyrrole nitrogens is 1. The largest absolute Gasteiger partial charge is 0.481 e. The van der Waals surface area contributed by atoms with Gasteiger partial charge in [-0.3, -0.25) is 15.2 Å². The van der Waals surface area contributed by atoms with Gasteiger partial charge in [0.1, 0.15) is 40.4 Å². The number of hydrogen-bond acceptors (Lipinski definition) is 11. The molecule has 12 nitrogen and oxygen atoms in total. The Bertz CT molecular complexity index is 2270. The summed E-state index contributed by atoms with van der Waals surface area (Å²) in [6.07, 6.45) is 0.665. The number of para-hydroxylation sites is 1. The summed E-state index contributed by atoms with van der Waals surface area (Å²) in [6.45, 7) is 1.00. The number of carbonyl (C=O) groups is 2. The smallest absolute Gasteiger partial charge is 0.356 e. The van der Waals surface area contributed by atoms with E-state index in [1.807, 2.05) is 47.4 Å². The molecule has 0 spiro atoms. The maximum absolute atomic E-state index is 13.4. The third kappa shape index (κ3) is 6.01. The first-order valence-corrected chi connectivity index (χ1v) is 16.2. The molecular weight excluding hydrogens is 649 g/mol. The van der Waals surface area contributed by atoms with Crippen molar-refractivity contribution >= 4 is 60.8 Å². The van der Waals surface area contributed by atoms with Crippen LogP contribution < -0.4 is 20.7 Å². The van der Waals surface area contributed by atoms with Crippen LogP contribution in [0.2, 0.25) is 0 Å². The number of nitrogens with zero attached hydrogens (tertiary/aromatic N) is 5. The Hall–Kier alpha value is -6.22. The third-order valence-corrected chi connectivity index (χ3v) is 9.65. The summed E-state index contributed by atoms with van der Waals surface area (Å²) < 4.78 is 6.72. The summed E-state index contributed by atoms with van der Waals surface area (Å²) >= 11 is 2.60. The number of benzene rings is 3. The minimum atomic E-state index is -1.18. The number of nitrogens with two attached hydrogens (primary N) is 1. The molecule has 0 fully saturated rings. The average Bonchev–Trinajstić information content (AvgIpc) is 3.82. The molecule has 6 aromatic rings. The number of anilines is 3. The molecule has 5 N–H and O–H groups in total. The van der Waals surface area contributed by atoms with Crippen molar-refractivity contribution in [2.24, 2.45) is 0 Å². The van der Waals surface area contributed by atoms with E-state index in [0.29, 0.717) is 57.2 Å². The van der Waals surface area contributed by atoms with Gasteiger partial charge in [-0.15, -0.1) is 0 Å². The second-order valence-corrected chi connectivity index (χ2v) is 12.6. The highest BCUT2D eigenvalue weighted by molar-refractivity contribution is 7.22. The molecule has 3 aromatic heterocycles. The van der Waals surface area contributed by atoms with Crippen LogP contribution in [0.5, 0.6) is 5.75 Å². The van der Waals surface area contributed by atoms with Gasteiger partial charge in [-0.2, -0.15) is 10.4 Å². The van der Waals surface area contributed by atoms with Gasteiger partial charge in [0.2, 0.25) is 0 Å². The summed E-state index contributed by atoms with van der Waals surface area (Å²) in [5.74, 6) is 5.10. The molecule has 0 saturated heterocycles. The van der Waals surface area contributed by atoms with Crippen LogP contribution in [0.1, 0.15) is 42.4 Å². The molecule has 3 aromatic carbocycles. The van der Waals surface area contributed by atoms with Gasteiger partial charge < -0.3 is 20.5 Å². The van der Waals surface area contributed by atoms with Crippen molar-refractivity contribution in [2.45, 2.75) is 13.0 Å². The van der Waals surface area contributed by atoms with Crippen LogP contribution in [-0.4, -0.2) is 50.3 Å². The lowest BCUT2D eigenvalue weighted by atomic mass is 9.94. The molecule has 1 amide bonds. The lowest BCUT2D eigenvalue weighted by molar-refractivity contribution is 0.0691. The first-order valence-electron chi connectivity index (χ1n) is 14.6. The lowest BCUT2D eigenvalue weighted by Crippen LogP contribution is -2.32. The molecule has 1 aliphatic rings. The van der Waals surface area contributed by atoms with E-state index in [4.69, 9.17) is 10.5 Å². The number of carboxylic acid groups (broad SMARTS) is 1. The Morgan fingerprint density at radius 1 is 1.08 bits per heavy atom. The van der Waals surface area contributed by atoms with Gasteiger partial charge in [-0.05, 0) is 65.9 Å². The van der Waals surface area contributed by atoms with Crippen LogP contribution in [-0.2, 0) is 13.0 Å². The van der Waals surface area contributed by atoms with Crippen LogP contribution in [0.3, 0.4) is 0 Å². The second kappa shape index (κ2) is 12.9. The molecule has 0 radical (unpaired) electrons. The van der Waals surface area contributed by atoms with Gasteiger partial charge in [-0.25, -0.2) is 14.8 Å². The summed E-state index contributed by atoms with van der Waals surface area (Å²) in [5.41, 5.74) is 10.3. The average molecular weight is 673 g/mol. The van der Waals surface area contributed by atoms with E-state index in [9.17, 15) is 20.0 Å². The molecule has 0 unspecified atom stereocenters. The number of nitriles is 1. The Balaban J connectivity index is 1.04. The number of amides is 1. The number of nitrogen functional groups attached to an aromatic ring is 1. The highest BCUT2D eigenvalue weighted by atomic mass is 32.1. The number of carboxylic acids is 1. The van der Waals surface area contributed by atoms with Crippen LogP contribution in [0, 0.1) is 23.2 Å². The Labute approximate surface area is 281 Å². The van der Waals surface area contributed by atoms with Crippen molar-refractivity contribution in [2.75, 3.05) is 29.1 Å². The summed E-state index contributed by atoms with van der Waals surface area (Å²) in [4.78, 5) is 36.7. The molecule has 1 aliphatic heterocycles. The standard InChI is InChI=1S/C34H24N8O4S2/c35-17-23-28(40-41-30(23)36)20-10-12-21(13-11-20)46-16-4-9-27-29(32(44)45)38-34(48-27)42-15-14-19-5-3-6-22(24(19)18-42)31(43)39-33-37-25-7-1-2-8-26(25)47-33/h1-3,5-8,10-13H,14-16,18H2,(H,44,45)(H3,36,40,41)(H,37,39,43). The highest BCUT2D eigenvalue weighted by Crippen LogP contribution is 2.33. The van der Waals surface area contributed by atoms with Crippen LogP contribution in [0.25, 0.3) is 21.5 Å². The topological polar surface area (TPSA) is 183 Å². The molecule has 48 heavy (non-hydrogen) atoms. The van der Waals surface area contributed by atoms with E-state index in [0.717, 1.165) is 21.3 Å². The number of aromatic amines is 1. The van der Waals surface area contributed by atoms with E-state index in [1.165, 1.54) is 22.7 Å². The fourth-order valence-corrected chi connectivity index (χ4v) is 7.16. The van der Waals surface area contributed by atoms with Gasteiger partial charge in [0, 0.05) is 24.2 Å². The maximum Gasteiger partial charge on any atom is 0.356 e. The van der Waals surface area contributed by atoms with E-state index in [1.54, 1.807) is 30.3 Å². The fourth-order valence-electron chi connectivity index (χ4n) is 5.34.